The molecule has 144 valence electrons. The summed E-state index contributed by atoms with van der Waals surface area (Å²) in [4.78, 5) is 19.3. The maximum atomic E-state index is 13.2. The Morgan fingerprint density at radius 3 is 2.75 bits per heavy atom. The number of amides is 1. The largest absolute Gasteiger partial charge is 0.340 e. The minimum absolute atomic E-state index is 0.0677. The molecule has 1 saturated heterocycles. The molecule has 2 aliphatic rings. The van der Waals surface area contributed by atoms with Gasteiger partial charge in [-0.3, -0.25) is 4.79 Å². The van der Waals surface area contributed by atoms with E-state index < -0.39 is 0 Å². The van der Waals surface area contributed by atoms with Gasteiger partial charge in [0.05, 0.1) is 12.2 Å². The van der Waals surface area contributed by atoms with Crippen molar-refractivity contribution in [2.45, 2.75) is 45.2 Å². The number of aromatic nitrogens is 5. The molecule has 3 aromatic rings. The van der Waals surface area contributed by atoms with Crippen molar-refractivity contribution in [3.05, 3.63) is 59.5 Å². The molecule has 28 heavy (non-hydrogen) atoms. The van der Waals surface area contributed by atoms with E-state index >= 15 is 0 Å². The SMILES string of the molecule is Cc1nc(Cn2cc(C(=O)N3CC4(CCCC4)[C@H]3c3ccccc3)nn2)no1. The average Bonchev–Trinajstić information content (AvgIpc) is 3.43. The molecule has 1 saturated carbocycles. The molecule has 0 bridgehead atoms. The lowest BCUT2D eigenvalue weighted by Crippen LogP contribution is -2.59. The molecule has 8 nitrogen and oxygen atoms in total. The first kappa shape index (κ1) is 17.1. The number of hydrogen-bond donors (Lipinski definition) is 0. The summed E-state index contributed by atoms with van der Waals surface area (Å²) in [5.74, 6) is 0.943. The molecule has 1 aromatic carbocycles. The van der Waals surface area contributed by atoms with Gasteiger partial charge in [-0.1, -0.05) is 53.5 Å². The quantitative estimate of drug-likeness (QED) is 0.693. The van der Waals surface area contributed by atoms with Crippen LogP contribution in [0.2, 0.25) is 0 Å². The zero-order valence-corrected chi connectivity index (χ0v) is 15.8. The Morgan fingerprint density at radius 2 is 2.04 bits per heavy atom. The number of carbonyl (C=O) groups excluding carboxylic acids is 1. The lowest BCUT2D eigenvalue weighted by atomic mass is 9.67. The first-order valence-electron chi connectivity index (χ1n) is 9.70. The standard InChI is InChI=1S/C20H22N6O2/c1-14-21-17(23-28-14)12-25-11-16(22-24-25)19(27)26-13-20(9-5-6-10-20)18(26)15-7-3-2-4-8-15/h2-4,7-8,11,18H,5-6,9-10,12-13H2,1H3/t18-/m1/s1. The van der Waals surface area contributed by atoms with Crippen LogP contribution in [0.4, 0.5) is 0 Å². The number of carbonyl (C=O) groups is 1. The molecule has 0 radical (unpaired) electrons. The number of hydrogen-bond acceptors (Lipinski definition) is 6. The van der Waals surface area contributed by atoms with E-state index in [9.17, 15) is 4.79 Å². The Kier molecular flexibility index (Phi) is 3.99. The number of rotatable bonds is 4. The van der Waals surface area contributed by atoms with Crippen LogP contribution in [0.25, 0.3) is 0 Å². The second-order valence-corrected chi connectivity index (χ2v) is 7.85. The fourth-order valence-corrected chi connectivity index (χ4v) is 4.77. The van der Waals surface area contributed by atoms with Crippen LogP contribution >= 0.6 is 0 Å². The fraction of sp³-hybridized carbons (Fsp3) is 0.450. The molecule has 0 N–H and O–H groups in total. The summed E-state index contributed by atoms with van der Waals surface area (Å²) < 4.78 is 6.54. The van der Waals surface area contributed by atoms with Crippen molar-refractivity contribution in [1.29, 1.82) is 0 Å². The monoisotopic (exact) mass is 378 g/mol. The summed E-state index contributed by atoms with van der Waals surface area (Å²) in [6.07, 6.45) is 6.51. The number of nitrogens with zero attached hydrogens (tertiary/aromatic N) is 6. The summed E-state index contributed by atoms with van der Waals surface area (Å²) in [7, 11) is 0. The Labute approximate surface area is 162 Å². The predicted molar refractivity (Wildman–Crippen MR) is 99.3 cm³/mol. The summed E-state index contributed by atoms with van der Waals surface area (Å²) in [6, 6.07) is 10.5. The van der Waals surface area contributed by atoms with Crippen LogP contribution in [0.15, 0.2) is 41.1 Å². The van der Waals surface area contributed by atoms with Crippen LogP contribution in [-0.4, -0.2) is 42.5 Å². The summed E-state index contributed by atoms with van der Waals surface area (Å²) in [6.45, 7) is 2.85. The van der Waals surface area contributed by atoms with Crippen molar-refractivity contribution >= 4 is 5.91 Å². The van der Waals surface area contributed by atoms with E-state index in [1.807, 2.05) is 23.1 Å². The van der Waals surface area contributed by atoms with Gasteiger partial charge in [-0.2, -0.15) is 4.98 Å². The van der Waals surface area contributed by atoms with E-state index in [-0.39, 0.29) is 17.4 Å². The number of likely N-dealkylation sites (tertiary alicyclic amines) is 1. The topological polar surface area (TPSA) is 89.9 Å². The molecule has 5 rings (SSSR count). The molecule has 0 unspecified atom stereocenters. The van der Waals surface area contributed by atoms with Crippen LogP contribution in [0.5, 0.6) is 0 Å². The Morgan fingerprint density at radius 1 is 1.25 bits per heavy atom. The maximum Gasteiger partial charge on any atom is 0.276 e. The highest BCUT2D eigenvalue weighted by molar-refractivity contribution is 5.93. The lowest BCUT2D eigenvalue weighted by molar-refractivity contribution is -0.0514. The van der Waals surface area contributed by atoms with Gasteiger partial charge in [0.1, 0.15) is 6.54 Å². The molecule has 1 spiro atoms. The molecule has 2 aromatic heterocycles. The highest BCUT2D eigenvalue weighted by atomic mass is 16.5. The van der Waals surface area contributed by atoms with E-state index in [0.29, 0.717) is 24.0 Å². The first-order chi connectivity index (χ1) is 13.6. The molecule has 2 fully saturated rings. The predicted octanol–water partition coefficient (Wildman–Crippen LogP) is 2.78. The molecule has 1 aliphatic heterocycles. The van der Waals surface area contributed by atoms with Gasteiger partial charge in [0.15, 0.2) is 11.5 Å². The second kappa shape index (κ2) is 6.54. The van der Waals surface area contributed by atoms with Gasteiger partial charge >= 0.3 is 0 Å². The van der Waals surface area contributed by atoms with Crippen LogP contribution < -0.4 is 0 Å². The Bertz CT molecular complexity index is 989. The minimum Gasteiger partial charge on any atom is -0.340 e. The normalized spacial score (nSPS) is 20.5. The van der Waals surface area contributed by atoms with Crippen molar-refractivity contribution in [2.75, 3.05) is 6.54 Å². The van der Waals surface area contributed by atoms with E-state index in [2.05, 4.69) is 32.6 Å². The third-order valence-corrected chi connectivity index (χ3v) is 5.98. The van der Waals surface area contributed by atoms with E-state index in [0.717, 1.165) is 6.54 Å². The Balaban J connectivity index is 1.37. The van der Waals surface area contributed by atoms with Gasteiger partial charge in [-0.15, -0.1) is 5.10 Å². The highest BCUT2D eigenvalue weighted by Gasteiger charge is 2.56. The van der Waals surface area contributed by atoms with Gasteiger partial charge in [0.2, 0.25) is 5.89 Å². The van der Waals surface area contributed by atoms with Crippen molar-refractivity contribution in [1.82, 2.24) is 30.0 Å². The third-order valence-electron chi connectivity index (χ3n) is 5.98. The van der Waals surface area contributed by atoms with Gasteiger partial charge in [0.25, 0.3) is 5.91 Å². The lowest BCUT2D eigenvalue weighted by Gasteiger charge is -2.56. The summed E-state index contributed by atoms with van der Waals surface area (Å²) >= 11 is 0. The average molecular weight is 378 g/mol. The fourth-order valence-electron chi connectivity index (χ4n) is 4.77. The van der Waals surface area contributed by atoms with Crippen molar-refractivity contribution in [2.24, 2.45) is 5.41 Å². The van der Waals surface area contributed by atoms with Crippen LogP contribution in [-0.2, 0) is 6.54 Å². The second-order valence-electron chi connectivity index (χ2n) is 7.85. The van der Waals surface area contributed by atoms with Crippen molar-refractivity contribution < 1.29 is 9.32 Å². The Hall–Kier alpha value is -3.03. The van der Waals surface area contributed by atoms with Gasteiger partial charge in [-0.25, -0.2) is 4.68 Å². The van der Waals surface area contributed by atoms with E-state index in [1.54, 1.807) is 17.8 Å². The van der Waals surface area contributed by atoms with Crippen LogP contribution in [0.1, 0.15) is 59.5 Å². The van der Waals surface area contributed by atoms with Crippen LogP contribution in [0, 0.1) is 12.3 Å². The number of aryl methyl sites for hydroxylation is 1. The highest BCUT2D eigenvalue weighted by Crippen LogP contribution is 2.58. The summed E-state index contributed by atoms with van der Waals surface area (Å²) in [5, 5.41) is 12.0. The molecule has 8 heteroatoms. The van der Waals surface area contributed by atoms with Gasteiger partial charge in [-0.05, 0) is 18.4 Å². The zero-order valence-electron chi connectivity index (χ0n) is 15.8. The molecule has 1 aliphatic carbocycles. The first-order valence-corrected chi connectivity index (χ1v) is 9.70. The molecular formula is C20H22N6O2. The molecular weight excluding hydrogens is 356 g/mol. The van der Waals surface area contributed by atoms with Crippen LogP contribution in [0.3, 0.4) is 0 Å². The molecule has 3 heterocycles. The smallest absolute Gasteiger partial charge is 0.276 e. The molecule has 1 amide bonds. The van der Waals surface area contributed by atoms with Crippen molar-refractivity contribution in [3.63, 3.8) is 0 Å². The number of benzene rings is 1. The molecule has 1 atom stereocenters. The maximum absolute atomic E-state index is 13.2. The van der Waals surface area contributed by atoms with E-state index in [1.165, 1.54) is 31.2 Å². The van der Waals surface area contributed by atoms with Gasteiger partial charge in [0, 0.05) is 18.9 Å². The summed E-state index contributed by atoms with van der Waals surface area (Å²) in [5.41, 5.74) is 1.78. The van der Waals surface area contributed by atoms with E-state index in [4.69, 9.17) is 4.52 Å². The minimum atomic E-state index is -0.0677. The zero-order chi connectivity index (χ0) is 19.1. The third kappa shape index (κ3) is 2.80. The van der Waals surface area contributed by atoms with Gasteiger partial charge < -0.3 is 9.42 Å². The van der Waals surface area contributed by atoms with Crippen molar-refractivity contribution in [3.8, 4) is 0 Å².